The van der Waals surface area contributed by atoms with Gasteiger partial charge in [-0.2, -0.15) is 0 Å². The summed E-state index contributed by atoms with van der Waals surface area (Å²) >= 11 is 0. The highest BCUT2D eigenvalue weighted by Gasteiger charge is 2.27. The van der Waals surface area contributed by atoms with Gasteiger partial charge in [0.05, 0.1) is 11.6 Å². The van der Waals surface area contributed by atoms with E-state index in [0.29, 0.717) is 18.7 Å². The Morgan fingerprint density at radius 2 is 2.12 bits per heavy atom. The average Bonchev–Trinajstić information content (AvgIpc) is 3.16. The molecular weight excluding hydrogens is 330 g/mol. The minimum Gasteiger partial charge on any atom is -0.369 e. The van der Waals surface area contributed by atoms with Gasteiger partial charge in [0.25, 0.3) is 5.91 Å². The summed E-state index contributed by atoms with van der Waals surface area (Å²) in [4.78, 5) is 37.7. The quantitative estimate of drug-likeness (QED) is 0.754. The molecule has 2 aromatic heterocycles. The fourth-order valence-corrected chi connectivity index (χ4v) is 3.48. The summed E-state index contributed by atoms with van der Waals surface area (Å²) in [6.07, 6.45) is 4.85. The molecule has 3 heterocycles. The normalized spacial score (nSPS) is 17.4. The molecule has 3 aromatic rings. The van der Waals surface area contributed by atoms with Gasteiger partial charge in [-0.1, -0.05) is 12.1 Å². The van der Waals surface area contributed by atoms with Gasteiger partial charge in [0.15, 0.2) is 0 Å². The Kier molecular flexibility index (Phi) is 4.12. The minimum atomic E-state index is -0.341. The van der Waals surface area contributed by atoms with Gasteiger partial charge in [-0.25, -0.2) is 9.97 Å². The average molecular weight is 349 g/mol. The summed E-state index contributed by atoms with van der Waals surface area (Å²) in [5.41, 5.74) is 8.38. The number of fused-ring (bicyclic) bond motifs is 1. The summed E-state index contributed by atoms with van der Waals surface area (Å²) < 4.78 is 0. The second-order valence-electron chi connectivity index (χ2n) is 6.54. The number of carbonyl (C=O) groups excluding carboxylic acids is 2. The molecule has 1 saturated heterocycles. The second-order valence-corrected chi connectivity index (χ2v) is 6.54. The number of nitrogens with two attached hydrogens (primary N) is 1. The number of carbonyl (C=O) groups is 2. The predicted molar refractivity (Wildman–Crippen MR) is 97.1 cm³/mol. The topological polar surface area (TPSA) is 105 Å². The fraction of sp³-hybridized carbons (Fsp3) is 0.263. The number of nitrogens with one attached hydrogen (secondary N) is 1. The van der Waals surface area contributed by atoms with Crippen LogP contribution in [0.3, 0.4) is 0 Å². The number of hydrogen-bond acceptors (Lipinski definition) is 4. The van der Waals surface area contributed by atoms with Gasteiger partial charge in [0.2, 0.25) is 5.91 Å². The molecule has 0 spiro atoms. The van der Waals surface area contributed by atoms with Crippen LogP contribution < -0.4 is 5.73 Å². The van der Waals surface area contributed by atoms with E-state index in [4.69, 9.17) is 5.73 Å². The van der Waals surface area contributed by atoms with Crippen molar-refractivity contribution in [3.05, 3.63) is 48.4 Å². The van der Waals surface area contributed by atoms with Gasteiger partial charge >= 0.3 is 0 Å². The minimum absolute atomic E-state index is 0.0860. The number of likely N-dealkylation sites (tertiary alicyclic amines) is 1. The second kappa shape index (κ2) is 6.59. The van der Waals surface area contributed by atoms with Gasteiger partial charge in [0.1, 0.15) is 12.0 Å². The Morgan fingerprint density at radius 1 is 1.23 bits per heavy atom. The largest absolute Gasteiger partial charge is 0.369 e. The van der Waals surface area contributed by atoms with Crippen molar-refractivity contribution in [2.24, 2.45) is 11.7 Å². The van der Waals surface area contributed by atoms with E-state index in [1.807, 2.05) is 30.5 Å². The third-order valence-corrected chi connectivity index (χ3v) is 4.85. The standard InChI is InChI=1S/C19H19N5O2/c20-17(25)14-5-2-8-24(10-14)19(26)13-4-1-3-12(9-13)16-15-6-7-21-18(15)23-11-22-16/h1,3-4,6-7,9,11,14H,2,5,8,10H2,(H2,20,25)(H,21,22,23). The highest BCUT2D eigenvalue weighted by Crippen LogP contribution is 2.26. The van der Waals surface area contributed by atoms with Gasteiger partial charge in [-0.05, 0) is 31.0 Å². The van der Waals surface area contributed by atoms with Gasteiger partial charge in [-0.15, -0.1) is 0 Å². The van der Waals surface area contributed by atoms with Gasteiger partial charge < -0.3 is 15.6 Å². The van der Waals surface area contributed by atoms with E-state index in [-0.39, 0.29) is 17.7 Å². The summed E-state index contributed by atoms with van der Waals surface area (Å²) in [5, 5.41) is 0.906. The fourth-order valence-electron chi connectivity index (χ4n) is 3.48. The van der Waals surface area contributed by atoms with Crippen LogP contribution in [0.15, 0.2) is 42.9 Å². The van der Waals surface area contributed by atoms with Crippen LogP contribution in [0.4, 0.5) is 0 Å². The summed E-state index contributed by atoms with van der Waals surface area (Å²) in [7, 11) is 0. The first-order valence-electron chi connectivity index (χ1n) is 8.60. The molecule has 0 aliphatic carbocycles. The Bertz CT molecular complexity index is 981. The monoisotopic (exact) mass is 349 g/mol. The summed E-state index contributed by atoms with van der Waals surface area (Å²) in [6.45, 7) is 1.02. The van der Waals surface area contributed by atoms with Crippen molar-refractivity contribution in [3.63, 3.8) is 0 Å². The lowest BCUT2D eigenvalue weighted by molar-refractivity contribution is -0.123. The molecule has 1 atom stereocenters. The van der Waals surface area contributed by atoms with Crippen LogP contribution in [-0.4, -0.2) is 44.8 Å². The Labute approximate surface area is 150 Å². The van der Waals surface area contributed by atoms with E-state index >= 15 is 0 Å². The Hall–Kier alpha value is -3.22. The van der Waals surface area contributed by atoms with E-state index < -0.39 is 0 Å². The number of rotatable bonds is 3. The van der Waals surface area contributed by atoms with Crippen LogP contribution >= 0.6 is 0 Å². The molecule has 1 unspecified atom stereocenters. The van der Waals surface area contributed by atoms with Gasteiger partial charge in [-0.3, -0.25) is 9.59 Å². The zero-order chi connectivity index (χ0) is 18.1. The molecule has 132 valence electrons. The lowest BCUT2D eigenvalue weighted by Crippen LogP contribution is -2.44. The highest BCUT2D eigenvalue weighted by molar-refractivity contribution is 5.97. The van der Waals surface area contributed by atoms with E-state index in [0.717, 1.165) is 35.1 Å². The molecule has 1 aliphatic rings. The molecule has 26 heavy (non-hydrogen) atoms. The third-order valence-electron chi connectivity index (χ3n) is 4.85. The zero-order valence-corrected chi connectivity index (χ0v) is 14.2. The number of hydrogen-bond donors (Lipinski definition) is 2. The van der Waals surface area contributed by atoms with E-state index in [2.05, 4.69) is 15.0 Å². The number of aromatic nitrogens is 3. The molecule has 2 amide bonds. The van der Waals surface area contributed by atoms with E-state index in [1.54, 1.807) is 11.0 Å². The number of H-pyrrole nitrogens is 1. The Morgan fingerprint density at radius 3 is 2.96 bits per heavy atom. The first-order chi connectivity index (χ1) is 12.6. The number of piperidine rings is 1. The molecule has 1 aromatic carbocycles. The number of primary amides is 1. The molecule has 0 radical (unpaired) electrons. The lowest BCUT2D eigenvalue weighted by atomic mass is 9.96. The van der Waals surface area contributed by atoms with Crippen LogP contribution in [0.1, 0.15) is 23.2 Å². The van der Waals surface area contributed by atoms with Crippen LogP contribution in [-0.2, 0) is 4.79 Å². The smallest absolute Gasteiger partial charge is 0.253 e. The van der Waals surface area contributed by atoms with Crippen LogP contribution in [0.25, 0.3) is 22.3 Å². The molecule has 7 heteroatoms. The van der Waals surface area contributed by atoms with E-state index in [1.165, 1.54) is 6.33 Å². The highest BCUT2D eigenvalue weighted by atomic mass is 16.2. The number of benzene rings is 1. The Balaban J connectivity index is 1.64. The van der Waals surface area contributed by atoms with Crippen molar-refractivity contribution < 1.29 is 9.59 Å². The maximum Gasteiger partial charge on any atom is 0.253 e. The van der Waals surface area contributed by atoms with Crippen molar-refractivity contribution in [1.82, 2.24) is 19.9 Å². The maximum absolute atomic E-state index is 12.9. The molecule has 0 bridgehead atoms. The van der Waals surface area contributed by atoms with Crippen molar-refractivity contribution in [2.75, 3.05) is 13.1 Å². The third kappa shape index (κ3) is 2.92. The summed E-state index contributed by atoms with van der Waals surface area (Å²) in [5.74, 6) is -0.693. The van der Waals surface area contributed by atoms with E-state index in [9.17, 15) is 9.59 Å². The van der Waals surface area contributed by atoms with Crippen molar-refractivity contribution >= 4 is 22.8 Å². The van der Waals surface area contributed by atoms with Crippen LogP contribution in [0.2, 0.25) is 0 Å². The first-order valence-corrected chi connectivity index (χ1v) is 8.60. The molecule has 1 aliphatic heterocycles. The lowest BCUT2D eigenvalue weighted by Gasteiger charge is -2.31. The van der Waals surface area contributed by atoms with Crippen LogP contribution in [0, 0.1) is 5.92 Å². The number of aromatic amines is 1. The maximum atomic E-state index is 12.9. The number of nitrogens with zero attached hydrogens (tertiary/aromatic N) is 3. The molecule has 1 fully saturated rings. The first kappa shape index (κ1) is 16.3. The van der Waals surface area contributed by atoms with Crippen molar-refractivity contribution in [2.45, 2.75) is 12.8 Å². The SMILES string of the molecule is NC(=O)C1CCCN(C(=O)c2cccc(-c3ncnc4[nH]ccc34)c2)C1. The van der Waals surface area contributed by atoms with Crippen LogP contribution in [0.5, 0.6) is 0 Å². The molecular formula is C19H19N5O2. The molecule has 3 N–H and O–H groups in total. The van der Waals surface area contributed by atoms with Gasteiger partial charge in [0, 0.05) is 35.8 Å². The number of amides is 2. The van der Waals surface area contributed by atoms with Crippen molar-refractivity contribution in [3.8, 4) is 11.3 Å². The molecule has 4 rings (SSSR count). The zero-order valence-electron chi connectivity index (χ0n) is 14.2. The molecule has 0 saturated carbocycles. The van der Waals surface area contributed by atoms with Crippen molar-refractivity contribution in [1.29, 1.82) is 0 Å². The molecule has 7 nitrogen and oxygen atoms in total. The predicted octanol–water partition coefficient (Wildman–Crippen LogP) is 1.96. The summed E-state index contributed by atoms with van der Waals surface area (Å²) in [6, 6.07) is 9.31.